The third-order valence-electron chi connectivity index (χ3n) is 1.97. The summed E-state index contributed by atoms with van der Waals surface area (Å²) in [5, 5.41) is 6.21. The van der Waals surface area contributed by atoms with E-state index in [1.165, 1.54) is 0 Å². The highest BCUT2D eigenvalue weighted by molar-refractivity contribution is 4.95. The molecule has 15 heavy (non-hydrogen) atoms. The van der Waals surface area contributed by atoms with Crippen molar-refractivity contribution in [1.29, 1.82) is 0 Å². The predicted octanol–water partition coefficient (Wildman–Crippen LogP) is 0.578. The third kappa shape index (κ3) is 9.31. The van der Waals surface area contributed by atoms with Crippen LogP contribution in [0.1, 0.15) is 12.8 Å². The van der Waals surface area contributed by atoms with E-state index in [4.69, 9.17) is 10.5 Å². The zero-order valence-corrected chi connectivity index (χ0v) is 9.64. The quantitative estimate of drug-likeness (QED) is 0.465. The highest BCUT2D eigenvalue weighted by atomic mass is 16.5. The highest BCUT2D eigenvalue weighted by Gasteiger charge is 1.95. The van der Waals surface area contributed by atoms with Crippen molar-refractivity contribution in [2.75, 3.05) is 33.4 Å². The first-order chi connectivity index (χ1) is 7.20. The largest absolute Gasteiger partial charge is 0.392 e. The molecule has 0 amide bonds. The number of hydrogen-bond acceptors (Lipinski definition) is 4. The topological polar surface area (TPSA) is 59.3 Å². The van der Waals surface area contributed by atoms with Crippen LogP contribution < -0.4 is 16.4 Å². The maximum atomic E-state index is 5.29. The molecule has 0 rings (SSSR count). The fourth-order valence-electron chi connectivity index (χ4n) is 0.984. The Morgan fingerprint density at radius 1 is 1.20 bits per heavy atom. The standard InChI is InChI=1S/C11H23N3O/c1-10(13-3)4-7-14-11(2)5-8-15-9-6-12/h13-14H,1-2,4-9,12H2,3H3. The predicted molar refractivity (Wildman–Crippen MR) is 64.4 cm³/mol. The van der Waals surface area contributed by atoms with Gasteiger partial charge in [-0.2, -0.15) is 0 Å². The smallest absolute Gasteiger partial charge is 0.0588 e. The van der Waals surface area contributed by atoms with Gasteiger partial charge in [0.15, 0.2) is 0 Å². The van der Waals surface area contributed by atoms with Crippen molar-refractivity contribution in [3.63, 3.8) is 0 Å². The normalized spacial score (nSPS) is 9.73. The molecule has 0 aliphatic heterocycles. The van der Waals surface area contributed by atoms with E-state index in [-0.39, 0.29) is 0 Å². The second-order valence-electron chi connectivity index (χ2n) is 3.28. The molecule has 4 nitrogen and oxygen atoms in total. The van der Waals surface area contributed by atoms with Crippen molar-refractivity contribution < 1.29 is 4.74 Å². The van der Waals surface area contributed by atoms with Crippen LogP contribution in [-0.2, 0) is 4.74 Å². The van der Waals surface area contributed by atoms with Gasteiger partial charge in [0.2, 0.25) is 0 Å². The molecule has 0 heterocycles. The molecule has 0 aromatic rings. The van der Waals surface area contributed by atoms with Crippen LogP contribution in [0, 0.1) is 0 Å². The van der Waals surface area contributed by atoms with Crippen molar-refractivity contribution in [3.8, 4) is 0 Å². The first-order valence-electron chi connectivity index (χ1n) is 5.25. The summed E-state index contributed by atoms with van der Waals surface area (Å²) in [5.74, 6) is 0. The third-order valence-corrected chi connectivity index (χ3v) is 1.97. The van der Waals surface area contributed by atoms with Crippen molar-refractivity contribution in [2.24, 2.45) is 5.73 Å². The molecule has 4 heteroatoms. The summed E-state index contributed by atoms with van der Waals surface area (Å²) in [6.07, 6.45) is 1.73. The Bertz CT molecular complexity index is 192. The molecule has 0 aromatic heterocycles. The molecule has 0 saturated carbocycles. The average Bonchev–Trinajstić information content (AvgIpc) is 2.24. The minimum absolute atomic E-state index is 0.571. The Hall–Kier alpha value is -1.00. The molecule has 0 aliphatic rings. The van der Waals surface area contributed by atoms with Crippen molar-refractivity contribution >= 4 is 0 Å². The van der Waals surface area contributed by atoms with E-state index in [1.54, 1.807) is 0 Å². The SMILES string of the molecule is C=C(CCNC(=C)CCOCCN)NC. The molecule has 4 N–H and O–H groups in total. The van der Waals surface area contributed by atoms with Crippen molar-refractivity contribution in [2.45, 2.75) is 12.8 Å². The molecule has 0 atom stereocenters. The molecule has 0 bridgehead atoms. The molecule has 0 saturated heterocycles. The first-order valence-corrected chi connectivity index (χ1v) is 5.25. The van der Waals surface area contributed by atoms with Gasteiger partial charge < -0.3 is 21.1 Å². The Kier molecular flexibility index (Phi) is 8.91. The minimum Gasteiger partial charge on any atom is -0.392 e. The van der Waals surface area contributed by atoms with Crippen LogP contribution in [0.4, 0.5) is 0 Å². The summed E-state index contributed by atoms with van der Waals surface area (Å²) < 4.78 is 5.25. The maximum absolute atomic E-state index is 5.29. The molecule has 0 fully saturated rings. The van der Waals surface area contributed by atoms with E-state index >= 15 is 0 Å². The summed E-state index contributed by atoms with van der Waals surface area (Å²) in [6.45, 7) is 10.5. The van der Waals surface area contributed by atoms with Crippen LogP contribution in [0.3, 0.4) is 0 Å². The summed E-state index contributed by atoms with van der Waals surface area (Å²) in [4.78, 5) is 0. The minimum atomic E-state index is 0.571. The van der Waals surface area contributed by atoms with Crippen molar-refractivity contribution in [3.05, 3.63) is 24.6 Å². The van der Waals surface area contributed by atoms with Crippen LogP contribution >= 0.6 is 0 Å². The molecule has 0 radical (unpaired) electrons. The molecule has 0 aromatic carbocycles. The fourth-order valence-corrected chi connectivity index (χ4v) is 0.984. The van der Waals surface area contributed by atoms with Gasteiger partial charge in [-0.15, -0.1) is 0 Å². The average molecular weight is 213 g/mol. The van der Waals surface area contributed by atoms with Gasteiger partial charge in [0.25, 0.3) is 0 Å². The lowest BCUT2D eigenvalue weighted by Gasteiger charge is -2.10. The monoisotopic (exact) mass is 213 g/mol. The molecule has 0 aliphatic carbocycles. The van der Waals surface area contributed by atoms with E-state index in [2.05, 4.69) is 23.8 Å². The lowest BCUT2D eigenvalue weighted by atomic mass is 10.3. The number of rotatable bonds is 10. The second kappa shape index (κ2) is 9.55. The summed E-state index contributed by atoms with van der Waals surface area (Å²) >= 11 is 0. The molecule has 0 unspecified atom stereocenters. The number of hydrogen-bond donors (Lipinski definition) is 3. The van der Waals surface area contributed by atoms with Gasteiger partial charge in [-0.1, -0.05) is 13.2 Å². The summed E-state index contributed by atoms with van der Waals surface area (Å²) in [5.41, 5.74) is 7.31. The van der Waals surface area contributed by atoms with Gasteiger partial charge in [0, 0.05) is 44.4 Å². The number of nitrogens with one attached hydrogen (secondary N) is 2. The van der Waals surface area contributed by atoms with Gasteiger partial charge in [0.05, 0.1) is 13.2 Å². The van der Waals surface area contributed by atoms with Crippen LogP contribution in [-0.4, -0.2) is 33.4 Å². The molecular formula is C11H23N3O. The molecular weight excluding hydrogens is 190 g/mol. The zero-order chi connectivity index (χ0) is 11.5. The summed E-state index contributed by atoms with van der Waals surface area (Å²) in [7, 11) is 1.87. The van der Waals surface area contributed by atoms with Crippen LogP contribution in [0.15, 0.2) is 24.6 Å². The lowest BCUT2D eigenvalue weighted by molar-refractivity contribution is 0.143. The van der Waals surface area contributed by atoms with Gasteiger partial charge >= 0.3 is 0 Å². The Labute approximate surface area is 92.6 Å². The maximum Gasteiger partial charge on any atom is 0.0588 e. The summed E-state index contributed by atoms with van der Waals surface area (Å²) in [6, 6.07) is 0. The Morgan fingerprint density at radius 2 is 1.93 bits per heavy atom. The van der Waals surface area contributed by atoms with E-state index < -0.39 is 0 Å². The fraction of sp³-hybridized carbons (Fsp3) is 0.636. The van der Waals surface area contributed by atoms with Gasteiger partial charge in [-0.05, 0) is 0 Å². The Morgan fingerprint density at radius 3 is 2.53 bits per heavy atom. The highest BCUT2D eigenvalue weighted by Crippen LogP contribution is 1.96. The number of ether oxygens (including phenoxy) is 1. The Balaban J connectivity index is 3.29. The first kappa shape index (κ1) is 14.0. The van der Waals surface area contributed by atoms with E-state index in [9.17, 15) is 0 Å². The van der Waals surface area contributed by atoms with Gasteiger partial charge in [0.1, 0.15) is 0 Å². The van der Waals surface area contributed by atoms with E-state index in [1.807, 2.05) is 7.05 Å². The zero-order valence-electron chi connectivity index (χ0n) is 9.64. The van der Waals surface area contributed by atoms with Crippen molar-refractivity contribution in [1.82, 2.24) is 10.6 Å². The van der Waals surface area contributed by atoms with Crippen LogP contribution in [0.5, 0.6) is 0 Å². The number of nitrogens with two attached hydrogens (primary N) is 1. The van der Waals surface area contributed by atoms with E-state index in [0.29, 0.717) is 19.8 Å². The van der Waals surface area contributed by atoms with Crippen LogP contribution in [0.25, 0.3) is 0 Å². The second-order valence-corrected chi connectivity index (χ2v) is 3.28. The van der Waals surface area contributed by atoms with E-state index in [0.717, 1.165) is 30.8 Å². The lowest BCUT2D eigenvalue weighted by Crippen LogP contribution is -2.18. The molecule has 0 spiro atoms. The van der Waals surface area contributed by atoms with Gasteiger partial charge in [-0.25, -0.2) is 0 Å². The van der Waals surface area contributed by atoms with Crippen LogP contribution in [0.2, 0.25) is 0 Å². The van der Waals surface area contributed by atoms with Gasteiger partial charge in [-0.3, -0.25) is 0 Å². The molecule has 88 valence electrons.